The Morgan fingerprint density at radius 2 is 1.96 bits per heavy atom. The Kier molecular flexibility index (Phi) is 3.46. The van der Waals surface area contributed by atoms with Crippen molar-refractivity contribution in [1.29, 1.82) is 0 Å². The smallest absolute Gasteiger partial charge is 0.418 e. The monoisotopic (exact) mass is 403 g/mol. The Hall–Kier alpha value is -1.57. The number of halogens is 4. The van der Waals surface area contributed by atoms with Crippen molar-refractivity contribution in [3.63, 3.8) is 0 Å². The highest BCUT2D eigenvalue weighted by Gasteiger charge is 2.67. The molecule has 4 nitrogen and oxygen atoms in total. The molecule has 0 unspecified atom stereocenters. The molecule has 3 aliphatic rings. The lowest BCUT2D eigenvalue weighted by molar-refractivity contribution is -0.145. The van der Waals surface area contributed by atoms with Crippen LogP contribution in [-0.2, 0) is 20.5 Å². The van der Waals surface area contributed by atoms with Crippen LogP contribution in [-0.4, -0.2) is 22.8 Å². The second-order valence-corrected chi connectivity index (χ2v) is 7.55. The molecular formula is C16H13BrF3NO3. The van der Waals surface area contributed by atoms with E-state index in [1.807, 2.05) is 0 Å². The average Bonchev–Trinajstić information content (AvgIpc) is 3.11. The molecule has 1 amide bonds. The molecule has 8 heteroatoms. The van der Waals surface area contributed by atoms with Gasteiger partial charge in [0.2, 0.25) is 5.91 Å². The van der Waals surface area contributed by atoms with Crippen LogP contribution in [0.3, 0.4) is 0 Å². The van der Waals surface area contributed by atoms with E-state index in [0.29, 0.717) is 6.42 Å². The van der Waals surface area contributed by atoms with Crippen molar-refractivity contribution in [2.45, 2.75) is 23.5 Å². The summed E-state index contributed by atoms with van der Waals surface area (Å²) in [7, 11) is 0. The number of hydrogen-bond donors (Lipinski definition) is 1. The number of rotatable bonds is 2. The Balaban J connectivity index is 1.61. The Morgan fingerprint density at radius 1 is 1.25 bits per heavy atom. The van der Waals surface area contributed by atoms with Gasteiger partial charge in [0.25, 0.3) is 0 Å². The van der Waals surface area contributed by atoms with E-state index in [4.69, 9.17) is 4.74 Å². The Morgan fingerprint density at radius 3 is 2.67 bits per heavy atom. The number of benzene rings is 1. The highest BCUT2D eigenvalue weighted by atomic mass is 79.9. The van der Waals surface area contributed by atoms with Crippen LogP contribution in [0.25, 0.3) is 0 Å². The third kappa shape index (κ3) is 2.18. The van der Waals surface area contributed by atoms with Crippen LogP contribution in [0.2, 0.25) is 0 Å². The molecule has 1 heterocycles. The number of ether oxygens (including phenoxy) is 1. The minimum absolute atomic E-state index is 0.0273. The first-order valence-electron chi connectivity index (χ1n) is 7.60. The van der Waals surface area contributed by atoms with Gasteiger partial charge >= 0.3 is 12.1 Å². The summed E-state index contributed by atoms with van der Waals surface area (Å²) in [6, 6.07) is 4.83. The van der Waals surface area contributed by atoms with Gasteiger partial charge in [-0.2, -0.15) is 13.2 Å². The van der Waals surface area contributed by atoms with Gasteiger partial charge < -0.3 is 10.1 Å². The zero-order chi connectivity index (χ0) is 17.2. The first kappa shape index (κ1) is 15.9. The number of fused-ring (bicyclic) bond motifs is 1. The standard InChI is InChI=1S/C16H13BrF3NO3/c17-12-6-5-7-11(15(23)24-13(7)12)10(6)14(22)21-9-4-2-1-3-8(9)16(18,19)20/h1-4,6-7,10-13H,5H2,(H,21,22)/t6-,7-,10-,11-,12+,13+/m1/s1. The predicted molar refractivity (Wildman–Crippen MR) is 81.2 cm³/mol. The zero-order valence-corrected chi connectivity index (χ0v) is 13.8. The van der Waals surface area contributed by atoms with Gasteiger partial charge in [0.1, 0.15) is 6.10 Å². The molecule has 24 heavy (non-hydrogen) atoms. The normalized spacial score (nSPS) is 36.8. The number of amides is 1. The summed E-state index contributed by atoms with van der Waals surface area (Å²) in [5.74, 6) is -2.31. The predicted octanol–water partition coefficient (Wildman–Crippen LogP) is 3.21. The minimum Gasteiger partial charge on any atom is -0.461 e. The van der Waals surface area contributed by atoms with Crippen LogP contribution in [0.15, 0.2) is 24.3 Å². The topological polar surface area (TPSA) is 55.4 Å². The fourth-order valence-electron chi connectivity index (χ4n) is 4.39. The van der Waals surface area contributed by atoms with E-state index in [1.54, 1.807) is 0 Å². The van der Waals surface area contributed by atoms with E-state index >= 15 is 0 Å². The fourth-order valence-corrected chi connectivity index (χ4v) is 5.43. The van der Waals surface area contributed by atoms with Gasteiger partial charge in [-0.05, 0) is 24.5 Å². The van der Waals surface area contributed by atoms with Gasteiger partial charge in [-0.25, -0.2) is 0 Å². The van der Waals surface area contributed by atoms with Crippen molar-refractivity contribution in [2.24, 2.45) is 23.7 Å². The van der Waals surface area contributed by atoms with Crippen molar-refractivity contribution in [3.05, 3.63) is 29.8 Å². The quantitative estimate of drug-likeness (QED) is 0.609. The molecule has 6 atom stereocenters. The second kappa shape index (κ2) is 5.21. The van der Waals surface area contributed by atoms with Crippen LogP contribution in [0.5, 0.6) is 0 Å². The molecule has 0 spiro atoms. The van der Waals surface area contributed by atoms with Crippen molar-refractivity contribution in [1.82, 2.24) is 0 Å². The number of hydrogen-bond acceptors (Lipinski definition) is 3. The first-order chi connectivity index (χ1) is 11.3. The zero-order valence-electron chi connectivity index (χ0n) is 12.2. The third-order valence-corrected chi connectivity index (χ3v) is 6.52. The molecule has 3 fully saturated rings. The number of carbonyl (C=O) groups excluding carboxylic acids is 2. The lowest BCUT2D eigenvalue weighted by Crippen LogP contribution is -2.40. The molecule has 2 bridgehead atoms. The summed E-state index contributed by atoms with van der Waals surface area (Å²) in [5, 5.41) is 2.38. The number of para-hydroxylation sites is 1. The highest BCUT2D eigenvalue weighted by molar-refractivity contribution is 9.09. The van der Waals surface area contributed by atoms with Crippen molar-refractivity contribution in [2.75, 3.05) is 5.32 Å². The van der Waals surface area contributed by atoms with Crippen LogP contribution >= 0.6 is 15.9 Å². The number of carbonyl (C=O) groups is 2. The van der Waals surface area contributed by atoms with Gasteiger partial charge in [-0.3, -0.25) is 9.59 Å². The van der Waals surface area contributed by atoms with E-state index in [9.17, 15) is 22.8 Å². The van der Waals surface area contributed by atoms with Crippen LogP contribution in [0, 0.1) is 23.7 Å². The second-order valence-electron chi connectivity index (χ2n) is 6.49. The fraction of sp³-hybridized carbons (Fsp3) is 0.500. The van der Waals surface area contributed by atoms with E-state index in [-0.39, 0.29) is 28.5 Å². The number of esters is 1. The molecular weight excluding hydrogens is 391 g/mol. The number of nitrogens with one attached hydrogen (secondary N) is 1. The molecule has 2 aliphatic carbocycles. The summed E-state index contributed by atoms with van der Waals surface area (Å²) in [6.07, 6.45) is -4.11. The van der Waals surface area contributed by atoms with Crippen molar-refractivity contribution >= 4 is 33.5 Å². The molecule has 1 aromatic rings. The summed E-state index contributed by atoms with van der Waals surface area (Å²) < 4.78 is 44.5. The SMILES string of the molecule is O=C(Nc1ccccc1C(F)(F)F)[C@@H]1[C@H]2C[C@H]3[C@H](OC(=O)[C@H]31)[C@H]2Br. The lowest BCUT2D eigenvalue weighted by atomic mass is 9.79. The van der Waals surface area contributed by atoms with Crippen molar-refractivity contribution < 1.29 is 27.5 Å². The first-order valence-corrected chi connectivity index (χ1v) is 8.52. The highest BCUT2D eigenvalue weighted by Crippen LogP contribution is 2.60. The lowest BCUT2D eigenvalue weighted by Gasteiger charge is -2.27. The Bertz CT molecular complexity index is 723. The van der Waals surface area contributed by atoms with Gasteiger partial charge in [-0.1, -0.05) is 28.1 Å². The molecule has 1 saturated heterocycles. The van der Waals surface area contributed by atoms with Gasteiger partial charge in [0, 0.05) is 5.92 Å². The molecule has 1 aliphatic heterocycles. The molecule has 128 valence electrons. The number of alkyl halides is 4. The molecule has 1 N–H and O–H groups in total. The van der Waals surface area contributed by atoms with E-state index in [1.165, 1.54) is 18.2 Å². The molecule has 4 rings (SSSR count). The van der Waals surface area contributed by atoms with Crippen LogP contribution < -0.4 is 5.32 Å². The van der Waals surface area contributed by atoms with Gasteiger partial charge in [-0.15, -0.1) is 0 Å². The summed E-state index contributed by atoms with van der Waals surface area (Å²) in [4.78, 5) is 24.6. The molecule has 1 aromatic carbocycles. The summed E-state index contributed by atoms with van der Waals surface area (Å²) >= 11 is 3.48. The minimum atomic E-state index is -4.56. The summed E-state index contributed by atoms with van der Waals surface area (Å²) in [6.45, 7) is 0. The van der Waals surface area contributed by atoms with Crippen LogP contribution in [0.1, 0.15) is 12.0 Å². The van der Waals surface area contributed by atoms with E-state index in [2.05, 4.69) is 21.2 Å². The van der Waals surface area contributed by atoms with E-state index in [0.717, 1.165) is 6.07 Å². The molecule has 2 saturated carbocycles. The maximum atomic E-state index is 13.1. The summed E-state index contributed by atoms with van der Waals surface area (Å²) in [5.41, 5.74) is -1.18. The molecule has 0 aromatic heterocycles. The van der Waals surface area contributed by atoms with Crippen molar-refractivity contribution in [3.8, 4) is 0 Å². The maximum absolute atomic E-state index is 13.1. The maximum Gasteiger partial charge on any atom is 0.418 e. The largest absolute Gasteiger partial charge is 0.461 e. The van der Waals surface area contributed by atoms with Gasteiger partial charge in [0.05, 0.1) is 27.9 Å². The average molecular weight is 404 g/mol. The van der Waals surface area contributed by atoms with E-state index < -0.39 is 35.5 Å². The molecule has 0 radical (unpaired) electrons. The number of anilines is 1. The third-order valence-electron chi connectivity index (χ3n) is 5.32. The van der Waals surface area contributed by atoms with Gasteiger partial charge in [0.15, 0.2) is 0 Å². The Labute approximate surface area is 143 Å². The van der Waals surface area contributed by atoms with Crippen LogP contribution in [0.4, 0.5) is 18.9 Å².